The SMILES string of the molecule is C=C(c1ccc(NN)nc1)N1CCCC1. The molecule has 0 aromatic carbocycles. The second kappa shape index (κ2) is 4.31. The molecular formula is C11H16N4. The minimum atomic E-state index is 0.674. The molecule has 0 amide bonds. The van der Waals surface area contributed by atoms with Gasteiger partial charge in [0.1, 0.15) is 5.82 Å². The molecule has 80 valence electrons. The number of pyridine rings is 1. The van der Waals surface area contributed by atoms with E-state index in [1.807, 2.05) is 12.1 Å². The number of rotatable bonds is 3. The van der Waals surface area contributed by atoms with Crippen LogP contribution >= 0.6 is 0 Å². The van der Waals surface area contributed by atoms with Gasteiger partial charge in [-0.05, 0) is 25.0 Å². The van der Waals surface area contributed by atoms with Gasteiger partial charge in [0.2, 0.25) is 0 Å². The Balaban J connectivity index is 2.11. The number of anilines is 1. The summed E-state index contributed by atoms with van der Waals surface area (Å²) in [5.74, 6) is 5.93. The lowest BCUT2D eigenvalue weighted by Gasteiger charge is -2.20. The topological polar surface area (TPSA) is 54.2 Å². The van der Waals surface area contributed by atoms with Crippen molar-refractivity contribution in [1.82, 2.24) is 9.88 Å². The molecule has 1 saturated heterocycles. The van der Waals surface area contributed by atoms with Gasteiger partial charge in [-0.25, -0.2) is 10.8 Å². The van der Waals surface area contributed by atoms with Crippen molar-refractivity contribution >= 4 is 11.5 Å². The molecule has 1 aliphatic heterocycles. The molecule has 1 aromatic rings. The lowest BCUT2D eigenvalue weighted by Crippen LogP contribution is -2.17. The van der Waals surface area contributed by atoms with E-state index in [0.717, 1.165) is 24.4 Å². The highest BCUT2D eigenvalue weighted by molar-refractivity contribution is 5.62. The van der Waals surface area contributed by atoms with E-state index >= 15 is 0 Å². The maximum Gasteiger partial charge on any atom is 0.139 e. The van der Waals surface area contributed by atoms with Gasteiger partial charge < -0.3 is 10.3 Å². The van der Waals surface area contributed by atoms with E-state index < -0.39 is 0 Å². The molecule has 1 aromatic heterocycles. The van der Waals surface area contributed by atoms with Crippen molar-refractivity contribution in [3.05, 3.63) is 30.5 Å². The maximum atomic E-state index is 5.25. The Kier molecular flexibility index (Phi) is 2.87. The second-order valence-electron chi connectivity index (χ2n) is 3.72. The molecule has 0 atom stereocenters. The van der Waals surface area contributed by atoms with Gasteiger partial charge in [0, 0.05) is 30.5 Å². The Morgan fingerprint density at radius 2 is 2.13 bits per heavy atom. The third-order valence-electron chi connectivity index (χ3n) is 2.73. The number of hydrazine groups is 1. The fourth-order valence-electron chi connectivity index (χ4n) is 1.82. The highest BCUT2D eigenvalue weighted by atomic mass is 15.2. The van der Waals surface area contributed by atoms with E-state index in [4.69, 9.17) is 5.84 Å². The summed E-state index contributed by atoms with van der Waals surface area (Å²) in [6.07, 6.45) is 4.32. The molecule has 2 heterocycles. The minimum Gasteiger partial charge on any atom is -0.371 e. The number of hydrogen-bond donors (Lipinski definition) is 2. The van der Waals surface area contributed by atoms with Crippen LogP contribution in [0.5, 0.6) is 0 Å². The van der Waals surface area contributed by atoms with Crippen LogP contribution < -0.4 is 11.3 Å². The summed E-state index contributed by atoms with van der Waals surface area (Å²) in [5, 5.41) is 0. The summed E-state index contributed by atoms with van der Waals surface area (Å²) in [5.41, 5.74) is 4.63. The first kappa shape index (κ1) is 9.98. The van der Waals surface area contributed by atoms with E-state index in [-0.39, 0.29) is 0 Å². The summed E-state index contributed by atoms with van der Waals surface area (Å²) in [6, 6.07) is 3.85. The summed E-state index contributed by atoms with van der Waals surface area (Å²) < 4.78 is 0. The number of nitrogens with zero attached hydrogens (tertiary/aromatic N) is 2. The predicted octanol–water partition coefficient (Wildman–Crippen LogP) is 1.43. The second-order valence-corrected chi connectivity index (χ2v) is 3.72. The van der Waals surface area contributed by atoms with Crippen molar-refractivity contribution in [3.63, 3.8) is 0 Å². The average molecular weight is 204 g/mol. The lowest BCUT2D eigenvalue weighted by atomic mass is 10.2. The molecule has 4 nitrogen and oxygen atoms in total. The predicted molar refractivity (Wildman–Crippen MR) is 61.9 cm³/mol. The molecule has 4 heteroatoms. The number of nitrogens with one attached hydrogen (secondary N) is 1. The van der Waals surface area contributed by atoms with E-state index in [1.54, 1.807) is 6.20 Å². The van der Waals surface area contributed by atoms with Crippen molar-refractivity contribution in [2.24, 2.45) is 5.84 Å². The first-order valence-electron chi connectivity index (χ1n) is 5.18. The van der Waals surface area contributed by atoms with Gasteiger partial charge in [0.05, 0.1) is 0 Å². The maximum absolute atomic E-state index is 5.25. The monoisotopic (exact) mass is 204 g/mol. The Morgan fingerprint density at radius 3 is 2.67 bits per heavy atom. The van der Waals surface area contributed by atoms with Crippen molar-refractivity contribution in [3.8, 4) is 0 Å². The summed E-state index contributed by atoms with van der Waals surface area (Å²) in [6.45, 7) is 6.31. The van der Waals surface area contributed by atoms with Crippen molar-refractivity contribution in [2.75, 3.05) is 18.5 Å². The zero-order valence-corrected chi connectivity index (χ0v) is 8.74. The number of hydrogen-bond acceptors (Lipinski definition) is 4. The molecule has 1 aliphatic rings. The Hall–Kier alpha value is -1.55. The van der Waals surface area contributed by atoms with Gasteiger partial charge >= 0.3 is 0 Å². The van der Waals surface area contributed by atoms with Crippen LogP contribution in [-0.2, 0) is 0 Å². The van der Waals surface area contributed by atoms with Crippen LogP contribution in [0.2, 0.25) is 0 Å². The third kappa shape index (κ3) is 2.10. The van der Waals surface area contributed by atoms with Crippen LogP contribution in [0.3, 0.4) is 0 Å². The highest BCUT2D eigenvalue weighted by Crippen LogP contribution is 2.21. The van der Waals surface area contributed by atoms with Crippen molar-refractivity contribution < 1.29 is 0 Å². The molecule has 2 rings (SSSR count). The third-order valence-corrected chi connectivity index (χ3v) is 2.73. The molecule has 3 N–H and O–H groups in total. The van der Waals surface area contributed by atoms with E-state index in [9.17, 15) is 0 Å². The molecule has 0 spiro atoms. The van der Waals surface area contributed by atoms with Gasteiger partial charge in [-0.2, -0.15) is 0 Å². The Morgan fingerprint density at radius 1 is 1.40 bits per heavy atom. The molecular weight excluding hydrogens is 188 g/mol. The van der Waals surface area contributed by atoms with Crippen molar-refractivity contribution in [2.45, 2.75) is 12.8 Å². The summed E-state index contributed by atoms with van der Waals surface area (Å²) >= 11 is 0. The van der Waals surface area contributed by atoms with Crippen LogP contribution in [-0.4, -0.2) is 23.0 Å². The lowest BCUT2D eigenvalue weighted by molar-refractivity contribution is 0.494. The van der Waals surface area contributed by atoms with Gasteiger partial charge in [-0.1, -0.05) is 6.58 Å². The van der Waals surface area contributed by atoms with Gasteiger partial charge in [-0.3, -0.25) is 0 Å². The van der Waals surface area contributed by atoms with Crippen molar-refractivity contribution in [1.29, 1.82) is 0 Å². The van der Waals surface area contributed by atoms with Crippen LogP contribution in [0, 0.1) is 0 Å². The van der Waals surface area contributed by atoms with E-state index in [0.29, 0.717) is 5.82 Å². The zero-order chi connectivity index (χ0) is 10.7. The Bertz CT molecular complexity index is 338. The fraction of sp³-hybridized carbons (Fsp3) is 0.364. The number of aromatic nitrogens is 1. The van der Waals surface area contributed by atoms with Crippen LogP contribution in [0.15, 0.2) is 24.9 Å². The molecule has 0 unspecified atom stereocenters. The number of nitrogen functional groups attached to an aromatic ring is 1. The molecule has 0 saturated carbocycles. The summed E-state index contributed by atoms with van der Waals surface area (Å²) in [4.78, 5) is 6.46. The molecule has 0 aliphatic carbocycles. The molecule has 1 fully saturated rings. The van der Waals surface area contributed by atoms with Gasteiger partial charge in [-0.15, -0.1) is 0 Å². The van der Waals surface area contributed by atoms with Gasteiger partial charge in [0.25, 0.3) is 0 Å². The first-order chi connectivity index (χ1) is 7.31. The normalized spacial score (nSPS) is 15.4. The number of likely N-dealkylation sites (tertiary alicyclic amines) is 1. The zero-order valence-electron chi connectivity index (χ0n) is 8.74. The summed E-state index contributed by atoms with van der Waals surface area (Å²) in [7, 11) is 0. The van der Waals surface area contributed by atoms with E-state index in [1.165, 1.54) is 12.8 Å². The Labute approximate surface area is 89.8 Å². The highest BCUT2D eigenvalue weighted by Gasteiger charge is 2.14. The smallest absolute Gasteiger partial charge is 0.139 e. The quantitative estimate of drug-likeness (QED) is 0.577. The standard InChI is InChI=1S/C11H16N4/c1-9(15-6-2-3-7-15)10-4-5-11(14-12)13-8-10/h4-5,8H,1-3,6-7,12H2,(H,13,14). The molecule has 0 bridgehead atoms. The van der Waals surface area contributed by atoms with Crippen LogP contribution in [0.1, 0.15) is 18.4 Å². The largest absolute Gasteiger partial charge is 0.371 e. The van der Waals surface area contributed by atoms with Gasteiger partial charge in [0.15, 0.2) is 0 Å². The van der Waals surface area contributed by atoms with Crippen LogP contribution in [0.4, 0.5) is 5.82 Å². The molecule has 0 radical (unpaired) electrons. The van der Waals surface area contributed by atoms with E-state index in [2.05, 4.69) is 21.9 Å². The first-order valence-corrected chi connectivity index (χ1v) is 5.18. The average Bonchev–Trinajstić information content (AvgIpc) is 2.82. The minimum absolute atomic E-state index is 0.674. The fourth-order valence-corrected chi connectivity index (χ4v) is 1.82. The molecule has 15 heavy (non-hydrogen) atoms. The van der Waals surface area contributed by atoms with Crippen LogP contribution in [0.25, 0.3) is 5.70 Å². The number of nitrogens with two attached hydrogens (primary N) is 1.